The van der Waals surface area contributed by atoms with Crippen LogP contribution in [0, 0.1) is 0 Å². The highest BCUT2D eigenvalue weighted by Crippen LogP contribution is 2.32. The molecule has 0 bridgehead atoms. The molecule has 0 atom stereocenters. The van der Waals surface area contributed by atoms with Gasteiger partial charge in [0.15, 0.2) is 0 Å². The Bertz CT molecular complexity index is 1390. The van der Waals surface area contributed by atoms with Gasteiger partial charge in [0, 0.05) is 67.1 Å². The van der Waals surface area contributed by atoms with Gasteiger partial charge in [0.25, 0.3) is 0 Å². The lowest BCUT2D eigenvalue weighted by Crippen LogP contribution is -2.40. The van der Waals surface area contributed by atoms with E-state index in [1.807, 2.05) is 48.7 Å². The number of nitrogens with zero attached hydrogens (tertiary/aromatic N) is 6. The minimum absolute atomic E-state index is 0.341. The second kappa shape index (κ2) is 6.92. The molecule has 2 N–H and O–H groups in total. The molecule has 9 nitrogen and oxygen atoms in total. The molecule has 0 amide bonds. The zero-order valence-electron chi connectivity index (χ0n) is 17.3. The maximum atomic E-state index is 5.34. The summed E-state index contributed by atoms with van der Waals surface area (Å²) in [6, 6.07) is 4.57. The first-order valence-electron chi connectivity index (χ1n) is 10.3. The predicted octanol–water partition coefficient (Wildman–Crippen LogP) is 3.26. The molecule has 0 unspecified atom stereocenters. The van der Waals surface area contributed by atoms with Gasteiger partial charge >= 0.3 is 0 Å². The number of nitrogens with one attached hydrogen (secondary N) is 2. The number of anilines is 1. The smallest absolute Gasteiger partial charge is 0.224 e. The van der Waals surface area contributed by atoms with E-state index in [4.69, 9.17) is 4.74 Å². The summed E-state index contributed by atoms with van der Waals surface area (Å²) in [7, 11) is 3.67. The molecule has 9 heteroatoms. The average molecular weight is 414 g/mol. The number of pyridine rings is 1. The monoisotopic (exact) mass is 414 g/mol. The number of aromatic amines is 1. The van der Waals surface area contributed by atoms with E-state index in [2.05, 4.69) is 42.6 Å². The SMILES string of the molecule is CO[C@H]1C[C@@H](Nc2ncc3c(-c4ccn5ncc(-c6cnn(C)c6)c5c4)c[nH]c3n2)C1. The molecule has 6 rings (SSSR count). The van der Waals surface area contributed by atoms with E-state index in [1.165, 1.54) is 0 Å². The van der Waals surface area contributed by atoms with Crippen molar-refractivity contribution in [3.8, 4) is 22.3 Å². The predicted molar refractivity (Wildman–Crippen MR) is 118 cm³/mol. The molecule has 0 radical (unpaired) electrons. The van der Waals surface area contributed by atoms with Crippen LogP contribution >= 0.6 is 0 Å². The summed E-state index contributed by atoms with van der Waals surface area (Å²) < 4.78 is 9.02. The van der Waals surface area contributed by atoms with Crippen LogP contribution in [0.1, 0.15) is 12.8 Å². The van der Waals surface area contributed by atoms with Gasteiger partial charge in [0.2, 0.25) is 5.95 Å². The summed E-state index contributed by atoms with van der Waals surface area (Å²) in [6.07, 6.45) is 13.9. The van der Waals surface area contributed by atoms with Gasteiger partial charge in [-0.25, -0.2) is 9.50 Å². The summed E-state index contributed by atoms with van der Waals surface area (Å²) in [5.41, 5.74) is 6.07. The van der Waals surface area contributed by atoms with Crippen molar-refractivity contribution >= 4 is 22.5 Å². The first-order valence-corrected chi connectivity index (χ1v) is 10.3. The van der Waals surface area contributed by atoms with E-state index in [9.17, 15) is 0 Å². The Hall–Kier alpha value is -3.72. The van der Waals surface area contributed by atoms with Crippen molar-refractivity contribution in [2.45, 2.75) is 25.0 Å². The Balaban J connectivity index is 1.34. The molecule has 0 spiro atoms. The van der Waals surface area contributed by atoms with Gasteiger partial charge in [-0.05, 0) is 30.5 Å². The second-order valence-electron chi connectivity index (χ2n) is 8.03. The molecule has 0 aliphatic heterocycles. The Morgan fingerprint density at radius 3 is 2.84 bits per heavy atom. The number of aryl methyl sites for hydroxylation is 1. The molecule has 5 heterocycles. The molecule has 31 heavy (non-hydrogen) atoms. The molecule has 5 aromatic heterocycles. The van der Waals surface area contributed by atoms with Gasteiger partial charge < -0.3 is 15.0 Å². The summed E-state index contributed by atoms with van der Waals surface area (Å²) in [6.45, 7) is 0. The number of rotatable bonds is 5. The second-order valence-corrected chi connectivity index (χ2v) is 8.03. The van der Waals surface area contributed by atoms with E-state index >= 15 is 0 Å². The van der Waals surface area contributed by atoms with Gasteiger partial charge in [0.1, 0.15) is 5.65 Å². The third kappa shape index (κ3) is 3.05. The van der Waals surface area contributed by atoms with Crippen LogP contribution in [-0.2, 0) is 11.8 Å². The standard InChI is InChI=1S/C22H22N8O/c1-29-12-14(8-25-29)18-11-26-30-4-3-13(5-20(18)30)17-9-23-21-19(17)10-24-22(28-21)27-15-6-16(7-15)31-2/h3-5,8-12,15-16H,6-7H2,1-2H3,(H2,23,24,27,28)/t15-,16+. The van der Waals surface area contributed by atoms with Crippen molar-refractivity contribution in [1.29, 1.82) is 0 Å². The van der Waals surface area contributed by atoms with Crippen LogP contribution in [0.15, 0.2) is 49.3 Å². The fourth-order valence-corrected chi connectivity index (χ4v) is 4.21. The lowest BCUT2D eigenvalue weighted by atomic mass is 9.89. The third-order valence-electron chi connectivity index (χ3n) is 6.04. The number of hydrogen-bond donors (Lipinski definition) is 2. The van der Waals surface area contributed by atoms with Crippen molar-refractivity contribution < 1.29 is 4.74 Å². The zero-order chi connectivity index (χ0) is 20.9. The summed E-state index contributed by atoms with van der Waals surface area (Å²) in [4.78, 5) is 12.5. The van der Waals surface area contributed by atoms with Crippen molar-refractivity contribution in [1.82, 2.24) is 34.3 Å². The van der Waals surface area contributed by atoms with Crippen LogP contribution < -0.4 is 5.32 Å². The fourth-order valence-electron chi connectivity index (χ4n) is 4.21. The molecule has 1 aliphatic carbocycles. The largest absolute Gasteiger partial charge is 0.381 e. The zero-order valence-corrected chi connectivity index (χ0v) is 17.3. The van der Waals surface area contributed by atoms with Crippen LogP contribution in [0.5, 0.6) is 0 Å². The maximum Gasteiger partial charge on any atom is 0.224 e. The number of methoxy groups -OCH3 is 1. The minimum atomic E-state index is 0.341. The highest BCUT2D eigenvalue weighted by molar-refractivity contribution is 5.95. The van der Waals surface area contributed by atoms with Crippen LogP contribution in [0.2, 0.25) is 0 Å². The highest BCUT2D eigenvalue weighted by Gasteiger charge is 2.29. The Morgan fingerprint density at radius 1 is 1.13 bits per heavy atom. The van der Waals surface area contributed by atoms with Gasteiger partial charge in [0.05, 0.1) is 24.0 Å². The topological polar surface area (TPSA) is 98.0 Å². The number of ether oxygens (including phenoxy) is 1. The fraction of sp³-hybridized carbons (Fsp3) is 0.273. The minimum Gasteiger partial charge on any atom is -0.381 e. The molecular formula is C22H22N8O. The molecule has 1 fully saturated rings. The Labute approximate surface area is 178 Å². The van der Waals surface area contributed by atoms with Crippen LogP contribution in [-0.4, -0.2) is 53.6 Å². The molecule has 1 saturated carbocycles. The molecule has 5 aromatic rings. The van der Waals surface area contributed by atoms with Crippen molar-refractivity contribution in [3.63, 3.8) is 0 Å². The quantitative estimate of drug-likeness (QED) is 0.458. The number of fused-ring (bicyclic) bond motifs is 2. The van der Waals surface area contributed by atoms with E-state index in [0.29, 0.717) is 18.1 Å². The summed E-state index contributed by atoms with van der Waals surface area (Å²) in [5.74, 6) is 0.644. The number of H-pyrrole nitrogens is 1. The van der Waals surface area contributed by atoms with Crippen molar-refractivity contribution in [3.05, 3.63) is 49.3 Å². The first-order chi connectivity index (χ1) is 15.2. The Kier molecular flexibility index (Phi) is 4.03. The van der Waals surface area contributed by atoms with Crippen LogP contribution in [0.4, 0.5) is 5.95 Å². The van der Waals surface area contributed by atoms with Gasteiger partial charge in [-0.3, -0.25) is 4.68 Å². The molecule has 156 valence electrons. The molecule has 0 saturated heterocycles. The van der Waals surface area contributed by atoms with Crippen LogP contribution in [0.3, 0.4) is 0 Å². The summed E-state index contributed by atoms with van der Waals surface area (Å²) in [5, 5.41) is 13.1. The average Bonchev–Trinajstić information content (AvgIpc) is 3.47. The lowest BCUT2D eigenvalue weighted by molar-refractivity contribution is 0.0327. The third-order valence-corrected chi connectivity index (χ3v) is 6.04. The van der Waals surface area contributed by atoms with E-state index in [0.717, 1.165) is 51.6 Å². The molecular weight excluding hydrogens is 392 g/mol. The number of aromatic nitrogens is 7. The van der Waals surface area contributed by atoms with E-state index in [-0.39, 0.29) is 0 Å². The summed E-state index contributed by atoms with van der Waals surface area (Å²) >= 11 is 0. The van der Waals surface area contributed by atoms with Crippen molar-refractivity contribution in [2.24, 2.45) is 7.05 Å². The molecule has 1 aliphatic rings. The van der Waals surface area contributed by atoms with E-state index < -0.39 is 0 Å². The lowest BCUT2D eigenvalue weighted by Gasteiger charge is -2.34. The van der Waals surface area contributed by atoms with Crippen LogP contribution in [0.25, 0.3) is 38.8 Å². The normalized spacial score (nSPS) is 18.5. The first kappa shape index (κ1) is 18.1. The van der Waals surface area contributed by atoms with Crippen molar-refractivity contribution in [2.75, 3.05) is 12.4 Å². The molecule has 0 aromatic carbocycles. The van der Waals surface area contributed by atoms with Gasteiger partial charge in [-0.2, -0.15) is 15.2 Å². The highest BCUT2D eigenvalue weighted by atomic mass is 16.5. The maximum absolute atomic E-state index is 5.34. The van der Waals surface area contributed by atoms with Gasteiger partial charge in [-0.15, -0.1) is 0 Å². The Morgan fingerprint density at radius 2 is 2.03 bits per heavy atom. The van der Waals surface area contributed by atoms with Gasteiger partial charge in [-0.1, -0.05) is 0 Å². The van der Waals surface area contributed by atoms with E-state index in [1.54, 1.807) is 11.8 Å². The number of hydrogen-bond acceptors (Lipinski definition) is 6.